The van der Waals surface area contributed by atoms with E-state index in [-0.39, 0.29) is 5.41 Å². The first-order valence-corrected chi connectivity index (χ1v) is 14.3. The number of amides is 1. The number of hydrogen-bond acceptors (Lipinski definition) is 4. The Balaban J connectivity index is 1.28. The second-order valence-electron chi connectivity index (χ2n) is 11.5. The number of rotatable bonds is 4. The Morgan fingerprint density at radius 3 is 2.61 bits per heavy atom. The molecule has 0 bridgehead atoms. The smallest absolute Gasteiger partial charge is 0.222 e. The zero-order valence-corrected chi connectivity index (χ0v) is 21.9. The first-order chi connectivity index (χ1) is 17.7. The van der Waals surface area contributed by atoms with Crippen molar-refractivity contribution < 1.29 is 9.53 Å². The highest BCUT2D eigenvalue weighted by atomic mass is 16.5. The van der Waals surface area contributed by atoms with Crippen molar-refractivity contribution >= 4 is 5.91 Å². The lowest BCUT2D eigenvalue weighted by molar-refractivity contribution is -0.134. The third-order valence-corrected chi connectivity index (χ3v) is 8.84. The van der Waals surface area contributed by atoms with Crippen molar-refractivity contribution in [2.24, 2.45) is 11.3 Å². The van der Waals surface area contributed by atoms with E-state index in [2.05, 4.69) is 45.1 Å². The number of hydrogen-bond donors (Lipinski definition) is 0. The van der Waals surface area contributed by atoms with Crippen LogP contribution in [0.5, 0.6) is 5.75 Å². The first-order valence-electron chi connectivity index (χ1n) is 14.3. The number of ether oxygens (including phenoxy) is 1. The third kappa shape index (κ3) is 6.67. The minimum Gasteiger partial charge on any atom is -0.492 e. The van der Waals surface area contributed by atoms with Crippen LogP contribution in [0, 0.1) is 11.3 Å². The summed E-state index contributed by atoms with van der Waals surface area (Å²) in [5.74, 6) is 2.08. The van der Waals surface area contributed by atoms with E-state index in [9.17, 15) is 4.79 Å². The van der Waals surface area contributed by atoms with Gasteiger partial charge in [-0.25, -0.2) is 0 Å². The van der Waals surface area contributed by atoms with Crippen LogP contribution in [0.15, 0.2) is 48.8 Å². The molecular weight excluding hydrogens is 446 g/mol. The molecule has 1 aromatic heterocycles. The quantitative estimate of drug-likeness (QED) is 0.538. The normalized spacial score (nSPS) is 21.8. The van der Waals surface area contributed by atoms with Crippen molar-refractivity contribution in [2.75, 3.05) is 32.8 Å². The lowest BCUT2D eigenvalue weighted by Crippen LogP contribution is -2.48. The predicted octanol–water partition coefficient (Wildman–Crippen LogP) is 5.88. The van der Waals surface area contributed by atoms with Gasteiger partial charge in [-0.1, -0.05) is 43.5 Å². The molecule has 5 rings (SSSR count). The maximum absolute atomic E-state index is 13.0. The number of nitrogens with zero attached hydrogens (tertiary/aromatic N) is 3. The average Bonchev–Trinajstić information content (AvgIpc) is 3.41. The molecule has 1 aromatic carbocycles. The van der Waals surface area contributed by atoms with Gasteiger partial charge in [0.15, 0.2) is 0 Å². The van der Waals surface area contributed by atoms with E-state index in [1.165, 1.54) is 56.1 Å². The van der Waals surface area contributed by atoms with Gasteiger partial charge in [-0.05, 0) is 79.5 Å². The molecule has 3 heterocycles. The molecule has 2 aromatic rings. The van der Waals surface area contributed by atoms with Crippen LogP contribution < -0.4 is 4.74 Å². The van der Waals surface area contributed by atoms with Crippen LogP contribution in [0.25, 0.3) is 0 Å². The zero-order chi connectivity index (χ0) is 24.6. The highest BCUT2D eigenvalue weighted by Gasteiger charge is 2.37. The third-order valence-electron chi connectivity index (χ3n) is 8.84. The topological polar surface area (TPSA) is 45.7 Å². The lowest BCUT2D eigenvalue weighted by atomic mass is 9.73. The summed E-state index contributed by atoms with van der Waals surface area (Å²) in [7, 11) is 0. The van der Waals surface area contributed by atoms with Crippen molar-refractivity contribution in [3.8, 4) is 5.75 Å². The fraction of sp³-hybridized carbons (Fsp3) is 0.613. The standard InChI is InChI=1S/C31H43N3O2/c35-30(22-26-8-1-2-9-26)34-18-15-31(16-19-34)14-6-5-12-28-11-3-4-13-29(28)36-21-20-33(25-31)24-27-10-7-17-32-23-27/h3-4,7,10-11,13,17,23,26H,1-2,5-6,8-9,12,14-16,18-22,24-25H2. The Morgan fingerprint density at radius 2 is 1.81 bits per heavy atom. The maximum atomic E-state index is 13.0. The summed E-state index contributed by atoms with van der Waals surface area (Å²) in [6, 6.07) is 12.8. The molecule has 2 aliphatic heterocycles. The number of pyridine rings is 1. The average molecular weight is 490 g/mol. The van der Waals surface area contributed by atoms with Crippen molar-refractivity contribution in [3.05, 3.63) is 59.9 Å². The Bertz CT molecular complexity index is 965. The molecule has 3 aliphatic rings. The lowest BCUT2D eigenvalue weighted by Gasteiger charge is -2.45. The van der Waals surface area contributed by atoms with Gasteiger partial charge >= 0.3 is 0 Å². The van der Waals surface area contributed by atoms with Crippen LogP contribution >= 0.6 is 0 Å². The van der Waals surface area contributed by atoms with Gasteiger partial charge in [0.1, 0.15) is 12.4 Å². The van der Waals surface area contributed by atoms with Crippen LogP contribution in [0.4, 0.5) is 0 Å². The van der Waals surface area contributed by atoms with Crippen molar-refractivity contribution in [1.82, 2.24) is 14.8 Å². The van der Waals surface area contributed by atoms with Gasteiger partial charge in [-0.15, -0.1) is 0 Å². The largest absolute Gasteiger partial charge is 0.492 e. The van der Waals surface area contributed by atoms with Gasteiger partial charge < -0.3 is 9.64 Å². The Kier molecular flexibility index (Phi) is 8.58. The van der Waals surface area contributed by atoms with Gasteiger partial charge in [0.25, 0.3) is 0 Å². The highest BCUT2D eigenvalue weighted by Crippen LogP contribution is 2.39. The number of likely N-dealkylation sites (tertiary alicyclic amines) is 1. The minimum absolute atomic E-state index is 0.269. The van der Waals surface area contributed by atoms with E-state index < -0.39 is 0 Å². The summed E-state index contributed by atoms with van der Waals surface area (Å²) >= 11 is 0. The number of piperidine rings is 1. The molecule has 2 fully saturated rings. The van der Waals surface area contributed by atoms with Crippen LogP contribution in [-0.2, 0) is 17.8 Å². The molecule has 36 heavy (non-hydrogen) atoms. The fourth-order valence-corrected chi connectivity index (χ4v) is 6.70. The van der Waals surface area contributed by atoms with Gasteiger partial charge in [0.2, 0.25) is 5.91 Å². The van der Waals surface area contributed by atoms with Crippen molar-refractivity contribution in [1.29, 1.82) is 0 Å². The number of carbonyl (C=O) groups is 1. The molecule has 194 valence electrons. The van der Waals surface area contributed by atoms with E-state index in [0.29, 0.717) is 18.4 Å². The molecule has 0 atom stereocenters. The summed E-state index contributed by atoms with van der Waals surface area (Å²) in [5.41, 5.74) is 2.85. The molecule has 0 radical (unpaired) electrons. The molecule has 5 heteroatoms. The van der Waals surface area contributed by atoms with Crippen LogP contribution in [0.2, 0.25) is 0 Å². The minimum atomic E-state index is 0.269. The van der Waals surface area contributed by atoms with Gasteiger partial charge in [0.05, 0.1) is 0 Å². The highest BCUT2D eigenvalue weighted by molar-refractivity contribution is 5.76. The van der Waals surface area contributed by atoms with Crippen molar-refractivity contribution in [2.45, 2.75) is 77.2 Å². The molecule has 5 nitrogen and oxygen atoms in total. The Morgan fingerprint density at radius 1 is 0.972 bits per heavy atom. The number of aryl methyl sites for hydroxylation is 1. The number of aromatic nitrogens is 1. The van der Waals surface area contributed by atoms with E-state index >= 15 is 0 Å². The summed E-state index contributed by atoms with van der Waals surface area (Å²) in [6.45, 7) is 5.40. The molecule has 0 N–H and O–H groups in total. The van der Waals surface area contributed by atoms with Crippen molar-refractivity contribution in [3.63, 3.8) is 0 Å². The second kappa shape index (κ2) is 12.2. The van der Waals surface area contributed by atoms with Gasteiger partial charge in [-0.2, -0.15) is 0 Å². The van der Waals surface area contributed by atoms with Crippen LogP contribution in [-0.4, -0.2) is 53.5 Å². The zero-order valence-electron chi connectivity index (χ0n) is 21.9. The second-order valence-corrected chi connectivity index (χ2v) is 11.5. The number of fused-ring (bicyclic) bond motifs is 1. The Labute approximate surface area is 217 Å². The molecule has 1 saturated heterocycles. The summed E-state index contributed by atoms with van der Waals surface area (Å²) in [6.07, 6.45) is 16.7. The Hall–Kier alpha value is -2.40. The monoisotopic (exact) mass is 489 g/mol. The van der Waals surface area contributed by atoms with Crippen LogP contribution in [0.3, 0.4) is 0 Å². The van der Waals surface area contributed by atoms with E-state index in [1.54, 1.807) is 0 Å². The fourth-order valence-electron chi connectivity index (χ4n) is 6.70. The summed E-state index contributed by atoms with van der Waals surface area (Å²) in [4.78, 5) is 22.2. The van der Waals surface area contributed by atoms with Gasteiger partial charge in [-0.3, -0.25) is 14.7 Å². The molecule has 1 spiro atoms. The predicted molar refractivity (Wildman–Crippen MR) is 144 cm³/mol. The SMILES string of the molecule is O=C(CC1CCCC1)N1CCC2(CCCCc3ccccc3OCCN(Cc3cccnc3)C2)CC1. The number of carbonyl (C=O) groups excluding carboxylic acids is 1. The van der Waals surface area contributed by atoms with Gasteiger partial charge in [0, 0.05) is 51.5 Å². The van der Waals surface area contributed by atoms with E-state index in [0.717, 1.165) is 64.2 Å². The molecule has 1 amide bonds. The molecule has 0 unspecified atom stereocenters. The first kappa shape index (κ1) is 25.3. The molecular formula is C31H43N3O2. The van der Waals surface area contributed by atoms with Crippen LogP contribution in [0.1, 0.15) is 75.3 Å². The summed E-state index contributed by atoms with van der Waals surface area (Å²) < 4.78 is 6.31. The number of benzene rings is 1. The van der Waals surface area contributed by atoms with E-state index in [4.69, 9.17) is 4.74 Å². The summed E-state index contributed by atoms with van der Waals surface area (Å²) in [5, 5.41) is 0. The molecule has 1 saturated carbocycles. The number of para-hydroxylation sites is 1. The maximum Gasteiger partial charge on any atom is 0.222 e. The van der Waals surface area contributed by atoms with E-state index in [1.807, 2.05) is 18.5 Å². The molecule has 1 aliphatic carbocycles.